The van der Waals surface area contributed by atoms with Crippen molar-refractivity contribution in [1.82, 2.24) is 14.5 Å². The van der Waals surface area contributed by atoms with Crippen LogP contribution in [-0.2, 0) is 0 Å². The quantitative estimate of drug-likeness (QED) is 0.174. The van der Waals surface area contributed by atoms with Crippen LogP contribution in [0.2, 0.25) is 0 Å². The maximum atomic E-state index is 5.52. The summed E-state index contributed by atoms with van der Waals surface area (Å²) < 4.78 is 4.93. The smallest absolute Gasteiger partial charge is 0.235 e. The minimum atomic E-state index is 0.676. The van der Waals surface area contributed by atoms with Crippen LogP contribution < -0.4 is 0 Å². The normalized spacial score (nSPS) is 12.2. The van der Waals surface area contributed by atoms with E-state index >= 15 is 0 Å². The summed E-state index contributed by atoms with van der Waals surface area (Å²) in [4.78, 5) is 11.0. The second-order valence-corrected chi connectivity index (χ2v) is 14.8. The summed E-state index contributed by atoms with van der Waals surface area (Å²) in [7, 11) is 0. The molecule has 3 heterocycles. The van der Waals surface area contributed by atoms with Crippen molar-refractivity contribution >= 4 is 96.5 Å². The summed E-state index contributed by atoms with van der Waals surface area (Å²) in [5.74, 6) is 0.676. The molecule has 0 spiro atoms. The first-order chi connectivity index (χ1) is 25.8. The van der Waals surface area contributed by atoms with Crippen LogP contribution in [-0.4, -0.2) is 14.5 Å². The Balaban J connectivity index is 1.24. The number of rotatable bonds is 3. The van der Waals surface area contributed by atoms with Crippen LogP contribution in [0, 0.1) is 0 Å². The maximum Gasteiger partial charge on any atom is 0.235 e. The maximum absolute atomic E-state index is 5.52. The van der Waals surface area contributed by atoms with E-state index in [2.05, 4.69) is 168 Å². The molecule has 0 aliphatic carbocycles. The highest BCUT2D eigenvalue weighted by molar-refractivity contribution is 7.26. The standard InChI is InChI=1S/C48H27N3S/c1-2-10-28(11-3-1)29-20-22-31(23-21-29)46-37-25-24-30-12-4-5-13-32(30)47(37)50-48(49-46)51-38-18-8-16-35-33-14-6-7-15-34(33)36-17-9-19-40-43(36)45-41(52-40)27-26-39(51)44(45)42(35)38/h1-27H. The Kier molecular flexibility index (Phi) is 5.65. The predicted octanol–water partition coefficient (Wildman–Crippen LogP) is 13.3. The number of hydrogen-bond acceptors (Lipinski definition) is 3. The van der Waals surface area contributed by atoms with Crippen LogP contribution in [0.3, 0.4) is 0 Å². The van der Waals surface area contributed by atoms with Gasteiger partial charge < -0.3 is 0 Å². The molecule has 240 valence electrons. The third kappa shape index (κ3) is 3.79. The fourth-order valence-electron chi connectivity index (χ4n) is 8.70. The second kappa shape index (κ2) is 10.5. The van der Waals surface area contributed by atoms with Crippen molar-refractivity contribution in [2.45, 2.75) is 0 Å². The first-order valence-electron chi connectivity index (χ1n) is 17.7. The van der Waals surface area contributed by atoms with Gasteiger partial charge in [0.25, 0.3) is 0 Å². The number of fused-ring (bicyclic) bond motifs is 6. The molecule has 0 aliphatic rings. The number of hydrogen-bond donors (Lipinski definition) is 0. The van der Waals surface area contributed by atoms with E-state index in [-0.39, 0.29) is 0 Å². The van der Waals surface area contributed by atoms with Gasteiger partial charge in [-0.05, 0) is 68.4 Å². The van der Waals surface area contributed by atoms with Gasteiger partial charge in [0.1, 0.15) is 0 Å². The molecule has 0 atom stereocenters. The van der Waals surface area contributed by atoms with Crippen LogP contribution in [0.4, 0.5) is 0 Å². The summed E-state index contributed by atoms with van der Waals surface area (Å²) in [5.41, 5.74) is 7.55. The topological polar surface area (TPSA) is 30.7 Å². The van der Waals surface area contributed by atoms with Gasteiger partial charge in [-0.25, -0.2) is 9.97 Å². The van der Waals surface area contributed by atoms with Crippen LogP contribution in [0.5, 0.6) is 0 Å². The zero-order valence-electron chi connectivity index (χ0n) is 27.8. The van der Waals surface area contributed by atoms with E-state index in [1.807, 2.05) is 11.3 Å². The van der Waals surface area contributed by atoms with E-state index in [0.717, 1.165) is 44.0 Å². The molecule has 0 amide bonds. The summed E-state index contributed by atoms with van der Waals surface area (Å²) in [6.07, 6.45) is 0. The van der Waals surface area contributed by atoms with Gasteiger partial charge in [0.05, 0.1) is 22.2 Å². The van der Waals surface area contributed by atoms with Gasteiger partial charge in [0.2, 0.25) is 5.95 Å². The Morgan fingerprint density at radius 1 is 0.365 bits per heavy atom. The van der Waals surface area contributed by atoms with Gasteiger partial charge in [0, 0.05) is 47.3 Å². The lowest BCUT2D eigenvalue weighted by atomic mass is 9.95. The molecule has 0 saturated carbocycles. The zero-order valence-corrected chi connectivity index (χ0v) is 28.7. The molecule has 3 aromatic heterocycles. The molecule has 4 heteroatoms. The van der Waals surface area contributed by atoms with Gasteiger partial charge in [-0.15, -0.1) is 11.3 Å². The molecule has 0 unspecified atom stereocenters. The Labute approximate surface area is 302 Å². The molecule has 0 saturated heterocycles. The highest BCUT2D eigenvalue weighted by Gasteiger charge is 2.24. The van der Waals surface area contributed by atoms with Crippen molar-refractivity contribution in [3.05, 3.63) is 164 Å². The number of benzene rings is 8. The van der Waals surface area contributed by atoms with Crippen LogP contribution in [0.1, 0.15) is 0 Å². The van der Waals surface area contributed by atoms with Crippen molar-refractivity contribution in [3.8, 4) is 28.3 Å². The molecular weight excluding hydrogens is 651 g/mol. The average Bonchev–Trinajstić information content (AvgIpc) is 3.76. The largest absolute Gasteiger partial charge is 0.278 e. The summed E-state index contributed by atoms with van der Waals surface area (Å²) in [6.45, 7) is 0. The minimum Gasteiger partial charge on any atom is -0.278 e. The fraction of sp³-hybridized carbons (Fsp3) is 0. The number of thiophene rings is 1. The predicted molar refractivity (Wildman–Crippen MR) is 221 cm³/mol. The van der Waals surface area contributed by atoms with Gasteiger partial charge >= 0.3 is 0 Å². The van der Waals surface area contributed by atoms with E-state index in [4.69, 9.17) is 9.97 Å². The van der Waals surface area contributed by atoms with Crippen LogP contribution >= 0.6 is 11.3 Å². The summed E-state index contributed by atoms with van der Waals surface area (Å²) in [5, 5.41) is 13.5. The van der Waals surface area contributed by atoms with Gasteiger partial charge in [-0.2, -0.15) is 0 Å². The van der Waals surface area contributed by atoms with E-state index in [1.54, 1.807) is 0 Å². The Morgan fingerprint density at radius 3 is 1.83 bits per heavy atom. The lowest BCUT2D eigenvalue weighted by Crippen LogP contribution is -2.03. The van der Waals surface area contributed by atoms with Crippen molar-refractivity contribution in [1.29, 1.82) is 0 Å². The zero-order chi connectivity index (χ0) is 33.9. The Bertz CT molecular complexity index is 3390. The van der Waals surface area contributed by atoms with E-state index in [9.17, 15) is 0 Å². The molecule has 3 nitrogen and oxygen atoms in total. The molecule has 0 radical (unpaired) electrons. The summed E-state index contributed by atoms with van der Waals surface area (Å²) >= 11 is 1.88. The minimum absolute atomic E-state index is 0.676. The van der Waals surface area contributed by atoms with E-state index < -0.39 is 0 Å². The Hall–Kier alpha value is -6.62. The van der Waals surface area contributed by atoms with Crippen LogP contribution in [0.15, 0.2) is 164 Å². The fourth-order valence-corrected chi connectivity index (χ4v) is 9.84. The van der Waals surface area contributed by atoms with Crippen molar-refractivity contribution in [2.75, 3.05) is 0 Å². The van der Waals surface area contributed by atoms with Gasteiger partial charge in [-0.3, -0.25) is 4.57 Å². The third-order valence-electron chi connectivity index (χ3n) is 11.0. The van der Waals surface area contributed by atoms with E-state index in [1.165, 1.54) is 63.6 Å². The highest BCUT2D eigenvalue weighted by Crippen LogP contribution is 2.48. The monoisotopic (exact) mass is 677 g/mol. The van der Waals surface area contributed by atoms with Crippen LogP contribution in [0.25, 0.3) is 114 Å². The van der Waals surface area contributed by atoms with Crippen molar-refractivity contribution in [3.63, 3.8) is 0 Å². The second-order valence-electron chi connectivity index (χ2n) is 13.7. The highest BCUT2D eigenvalue weighted by atomic mass is 32.1. The first kappa shape index (κ1) is 28.1. The summed E-state index contributed by atoms with van der Waals surface area (Å²) in [6, 6.07) is 59.2. The third-order valence-corrected chi connectivity index (χ3v) is 12.1. The van der Waals surface area contributed by atoms with Crippen molar-refractivity contribution < 1.29 is 0 Å². The molecule has 0 aliphatic heterocycles. The van der Waals surface area contributed by atoms with Gasteiger partial charge in [-0.1, -0.05) is 133 Å². The number of aromatic nitrogens is 3. The average molecular weight is 678 g/mol. The molecule has 0 fully saturated rings. The SMILES string of the molecule is c1ccc(-c2ccc(-c3nc(-n4c5cccc6c7ccccc7c7cccc8sc9ccc4c(c9c87)c65)nc4c3ccc3ccccc34)cc2)cc1. The molecule has 52 heavy (non-hydrogen) atoms. The Morgan fingerprint density at radius 2 is 1.00 bits per heavy atom. The van der Waals surface area contributed by atoms with E-state index in [0.29, 0.717) is 5.95 Å². The lowest BCUT2D eigenvalue weighted by Gasteiger charge is -2.14. The van der Waals surface area contributed by atoms with Gasteiger partial charge in [0.15, 0.2) is 0 Å². The molecule has 12 rings (SSSR count). The molecular formula is C48H27N3S. The van der Waals surface area contributed by atoms with Crippen molar-refractivity contribution in [2.24, 2.45) is 0 Å². The molecule has 12 aromatic rings. The first-order valence-corrected chi connectivity index (χ1v) is 18.5. The lowest BCUT2D eigenvalue weighted by molar-refractivity contribution is 1.02. The molecule has 0 N–H and O–H groups in total. The molecule has 0 bridgehead atoms. The molecule has 9 aromatic carbocycles. The number of nitrogens with zero attached hydrogens (tertiary/aromatic N) is 3.